The highest BCUT2D eigenvalue weighted by Crippen LogP contribution is 2.58. The quantitative estimate of drug-likeness (QED) is 0.194. The van der Waals surface area contributed by atoms with E-state index >= 15 is 8.78 Å². The Morgan fingerprint density at radius 1 is 0.775 bits per heavy atom. The van der Waals surface area contributed by atoms with Gasteiger partial charge in [-0.2, -0.15) is 39.5 Å². The molecule has 0 bridgehead atoms. The maximum absolute atomic E-state index is 15.5. The van der Waals surface area contributed by atoms with Crippen LogP contribution in [0.4, 0.5) is 43.9 Å². The molecule has 2 N–H and O–H groups in total. The van der Waals surface area contributed by atoms with Crippen molar-refractivity contribution in [2.45, 2.75) is 42.7 Å². The first-order chi connectivity index (χ1) is 18.3. The fourth-order valence-electron chi connectivity index (χ4n) is 4.69. The van der Waals surface area contributed by atoms with Crippen molar-refractivity contribution in [2.24, 2.45) is 0 Å². The number of alkyl halides is 9. The Morgan fingerprint density at radius 2 is 1.38 bits per heavy atom. The van der Waals surface area contributed by atoms with E-state index in [2.05, 4.69) is 20.9 Å². The third kappa shape index (κ3) is 4.61. The summed E-state index contributed by atoms with van der Waals surface area (Å²) in [6, 6.07) is 11.8. The first-order valence-electron chi connectivity index (χ1n) is 11.4. The lowest BCUT2D eigenvalue weighted by Gasteiger charge is -2.41. The highest BCUT2D eigenvalue weighted by atomic mass is 79.9. The van der Waals surface area contributed by atoms with E-state index in [9.17, 15) is 40.2 Å². The van der Waals surface area contributed by atoms with Gasteiger partial charge in [0.25, 0.3) is 0 Å². The molecule has 0 aliphatic carbocycles. The number of aromatic hydroxyl groups is 1. The predicted octanol–water partition coefficient (Wildman–Crippen LogP) is 9.28. The predicted molar refractivity (Wildman–Crippen MR) is 131 cm³/mol. The molecule has 2 nitrogen and oxygen atoms in total. The minimum atomic E-state index is -7.12. The van der Waals surface area contributed by atoms with Crippen molar-refractivity contribution in [3.05, 3.63) is 99.4 Å². The number of fused-ring (bicyclic) bond motifs is 1. The highest BCUT2D eigenvalue weighted by molar-refractivity contribution is 9.10. The van der Waals surface area contributed by atoms with Gasteiger partial charge >= 0.3 is 23.9 Å². The zero-order chi connectivity index (χ0) is 29.9. The zero-order valence-corrected chi connectivity index (χ0v) is 21.7. The van der Waals surface area contributed by atoms with Crippen LogP contribution in [-0.2, 0) is 5.41 Å². The summed E-state index contributed by atoms with van der Waals surface area (Å²) in [7, 11) is 0. The van der Waals surface area contributed by atoms with Crippen LogP contribution in [0.25, 0.3) is 10.9 Å². The first kappa shape index (κ1) is 29.8. The summed E-state index contributed by atoms with van der Waals surface area (Å²) < 4.78 is 142. The van der Waals surface area contributed by atoms with Crippen LogP contribution in [0, 0.1) is 12.7 Å². The molecule has 0 saturated carbocycles. The molecule has 0 fully saturated rings. The van der Waals surface area contributed by atoms with Gasteiger partial charge in [-0.3, -0.25) is 0 Å². The maximum atomic E-state index is 15.5. The lowest BCUT2D eigenvalue weighted by Crippen LogP contribution is -2.62. The first-order valence-corrected chi connectivity index (χ1v) is 12.2. The summed E-state index contributed by atoms with van der Waals surface area (Å²) in [4.78, 5) is 2.75. The van der Waals surface area contributed by atoms with E-state index in [1.807, 2.05) is 0 Å². The number of rotatable bonds is 7. The molecule has 0 aliphatic rings. The Hall–Kier alpha value is -3.22. The average Bonchev–Trinajstić information content (AvgIpc) is 3.27. The second-order valence-electron chi connectivity index (χ2n) is 9.36. The molecule has 3 aromatic carbocycles. The Bertz CT molecular complexity index is 1550. The molecule has 1 atom stereocenters. The summed E-state index contributed by atoms with van der Waals surface area (Å²) in [6.45, 7) is 1.60. The Morgan fingerprint density at radius 3 is 1.95 bits per heavy atom. The molecule has 0 radical (unpaired) electrons. The fourth-order valence-corrected chi connectivity index (χ4v) is 5.05. The second kappa shape index (κ2) is 9.71. The molecule has 0 amide bonds. The second-order valence-corrected chi connectivity index (χ2v) is 10.3. The van der Waals surface area contributed by atoms with Gasteiger partial charge in [-0.05, 0) is 53.9 Å². The van der Waals surface area contributed by atoms with Crippen LogP contribution in [0.2, 0.25) is 0 Å². The van der Waals surface area contributed by atoms with Gasteiger partial charge in [-0.1, -0.05) is 51.8 Å². The lowest BCUT2D eigenvalue weighted by molar-refractivity contribution is -0.397. The van der Waals surface area contributed by atoms with Gasteiger partial charge in [0.05, 0.1) is 5.41 Å². The molecule has 0 saturated heterocycles. The normalized spacial score (nSPS) is 14.9. The third-order valence-corrected chi connectivity index (χ3v) is 7.28. The monoisotopic (exact) mass is 641 g/mol. The highest BCUT2D eigenvalue weighted by Gasteiger charge is 2.82. The number of aryl methyl sites for hydroxylation is 1. The van der Waals surface area contributed by atoms with Crippen molar-refractivity contribution in [2.75, 3.05) is 0 Å². The van der Waals surface area contributed by atoms with Crippen molar-refractivity contribution in [1.29, 1.82) is 0 Å². The molecule has 13 heteroatoms. The molecule has 40 heavy (non-hydrogen) atoms. The summed E-state index contributed by atoms with van der Waals surface area (Å²) in [5, 5.41) is 9.84. The van der Waals surface area contributed by atoms with E-state index in [1.165, 1.54) is 36.4 Å². The smallest absolute Gasteiger partial charge is 0.460 e. The van der Waals surface area contributed by atoms with Crippen LogP contribution >= 0.6 is 15.9 Å². The fraction of sp³-hybridized carbons (Fsp3) is 0.259. The van der Waals surface area contributed by atoms with Crippen LogP contribution in [0.3, 0.4) is 0 Å². The van der Waals surface area contributed by atoms with Gasteiger partial charge in [0.1, 0.15) is 0 Å². The van der Waals surface area contributed by atoms with Crippen molar-refractivity contribution in [1.82, 2.24) is 4.98 Å². The van der Waals surface area contributed by atoms with Crippen molar-refractivity contribution < 1.29 is 49.0 Å². The Balaban J connectivity index is 2.13. The number of phenols is 1. The van der Waals surface area contributed by atoms with Crippen LogP contribution < -0.4 is 0 Å². The van der Waals surface area contributed by atoms with Crippen LogP contribution in [0.5, 0.6) is 5.75 Å². The number of benzene rings is 3. The molecule has 4 aromatic rings. The largest absolute Gasteiger partial charge is 0.505 e. The maximum Gasteiger partial charge on any atom is 0.460 e. The van der Waals surface area contributed by atoms with Gasteiger partial charge < -0.3 is 10.1 Å². The topological polar surface area (TPSA) is 36.0 Å². The molecule has 214 valence electrons. The number of aromatic amines is 1. The standard InChI is InChI=1S/C27H18BrF10NO/c1-14-2-4-15(5-3-14)23(16-6-9-22(40)20(29)10-16,19-12-39-21-8-7-17(28)11-18(19)21)13-24(30,31)25(32,33)26(34,35)27(36,37)38/h2-12,39-40H,13H2,1H3/t23-/m0/s1. The number of hydrogen-bond acceptors (Lipinski definition) is 1. The molecule has 4 rings (SSSR count). The molecular formula is C27H18BrF10NO. The van der Waals surface area contributed by atoms with E-state index in [-0.39, 0.29) is 22.0 Å². The van der Waals surface area contributed by atoms with Crippen LogP contribution in [0.1, 0.15) is 28.7 Å². The van der Waals surface area contributed by atoms with Gasteiger partial charge in [0.2, 0.25) is 0 Å². The lowest BCUT2D eigenvalue weighted by atomic mass is 9.65. The summed E-state index contributed by atoms with van der Waals surface area (Å²) in [5.41, 5.74) is -2.81. The summed E-state index contributed by atoms with van der Waals surface area (Å²) in [5.74, 6) is -22.4. The molecule has 0 spiro atoms. The number of phenolic OH excluding ortho intramolecular Hbond substituents is 1. The van der Waals surface area contributed by atoms with E-state index in [1.54, 1.807) is 13.0 Å². The van der Waals surface area contributed by atoms with E-state index in [0.717, 1.165) is 18.3 Å². The number of H-pyrrole nitrogens is 1. The van der Waals surface area contributed by atoms with Crippen molar-refractivity contribution in [3.8, 4) is 5.75 Å². The van der Waals surface area contributed by atoms with Gasteiger partial charge in [0, 0.05) is 28.0 Å². The molecule has 1 heterocycles. The number of hydrogen-bond donors (Lipinski definition) is 2. The Kier molecular flexibility index (Phi) is 7.22. The van der Waals surface area contributed by atoms with E-state index < -0.39 is 52.9 Å². The molecule has 0 aliphatic heterocycles. The zero-order valence-electron chi connectivity index (χ0n) is 20.2. The van der Waals surface area contributed by atoms with Crippen molar-refractivity contribution >= 4 is 26.8 Å². The molecular weight excluding hydrogens is 624 g/mol. The SMILES string of the molecule is Cc1ccc([C@@](CC(F)(F)C(F)(F)C(F)(F)C(F)(F)F)(c2ccc(O)c(F)c2)c2c[nH]c3ccc(Br)cc23)cc1. The molecule has 1 aromatic heterocycles. The van der Waals surface area contributed by atoms with Crippen LogP contribution in [-0.4, -0.2) is 34.0 Å². The van der Waals surface area contributed by atoms with Crippen LogP contribution in [0.15, 0.2) is 71.3 Å². The third-order valence-electron chi connectivity index (χ3n) is 6.79. The summed E-state index contributed by atoms with van der Waals surface area (Å²) in [6.07, 6.45) is -8.24. The average molecular weight is 642 g/mol. The van der Waals surface area contributed by atoms with E-state index in [0.29, 0.717) is 16.1 Å². The van der Waals surface area contributed by atoms with E-state index in [4.69, 9.17) is 0 Å². The number of aromatic nitrogens is 1. The minimum Gasteiger partial charge on any atom is -0.505 e. The number of halogens is 11. The van der Waals surface area contributed by atoms with Crippen molar-refractivity contribution in [3.63, 3.8) is 0 Å². The molecule has 0 unspecified atom stereocenters. The summed E-state index contributed by atoms with van der Waals surface area (Å²) >= 11 is 3.20. The van der Waals surface area contributed by atoms with Gasteiger partial charge in [-0.25, -0.2) is 4.39 Å². The van der Waals surface area contributed by atoms with Gasteiger partial charge in [0.15, 0.2) is 11.6 Å². The van der Waals surface area contributed by atoms with Gasteiger partial charge in [-0.15, -0.1) is 0 Å². The minimum absolute atomic E-state index is 0.102. The Labute approximate surface area is 228 Å². The number of nitrogens with one attached hydrogen (secondary N) is 1.